The fourth-order valence-corrected chi connectivity index (χ4v) is 5.50. The van der Waals surface area contributed by atoms with Gasteiger partial charge in [0.15, 0.2) is 5.13 Å². The molecule has 1 heterocycles. The Labute approximate surface area is 203 Å². The number of nitrogen functional groups attached to an aromatic ring is 1. The molecule has 0 spiro atoms. The topological polar surface area (TPSA) is 107 Å². The van der Waals surface area contributed by atoms with Crippen LogP contribution in [0.2, 0.25) is 0 Å². The van der Waals surface area contributed by atoms with Crippen LogP contribution in [0.5, 0.6) is 5.75 Å². The van der Waals surface area contributed by atoms with E-state index in [0.717, 1.165) is 16.6 Å². The molecular formula is C24H26N4O4S2. The second-order valence-corrected chi connectivity index (χ2v) is 10.3. The molecule has 0 bridgehead atoms. The first kappa shape index (κ1) is 23.8. The first-order valence-corrected chi connectivity index (χ1v) is 12.9. The standard InChI is InChI=1S/C24H26N4O4S2/c1-28(2)21-8-4-7-18-17(21)6-5-9-23(18)34(29,30)27-19-14-16(20-15-33-24(25)26-20)10-11-22(19)32-13-12-31-3/h4-11,14-15,27H,12-13H2,1-3H3,(H2,25,26). The molecule has 178 valence electrons. The molecule has 0 unspecified atom stereocenters. The van der Waals surface area contributed by atoms with E-state index < -0.39 is 10.0 Å². The quantitative estimate of drug-likeness (QED) is 0.329. The molecule has 0 atom stereocenters. The second kappa shape index (κ2) is 9.88. The van der Waals surface area contributed by atoms with Crippen LogP contribution in [-0.2, 0) is 14.8 Å². The van der Waals surface area contributed by atoms with Crippen molar-refractivity contribution in [2.75, 3.05) is 49.8 Å². The number of hydrogen-bond donors (Lipinski definition) is 2. The van der Waals surface area contributed by atoms with Gasteiger partial charge in [-0.15, -0.1) is 11.3 Å². The van der Waals surface area contributed by atoms with Crippen LogP contribution in [0, 0.1) is 0 Å². The van der Waals surface area contributed by atoms with Gasteiger partial charge in [0.05, 0.1) is 22.9 Å². The van der Waals surface area contributed by atoms with Crippen molar-refractivity contribution in [2.45, 2.75) is 4.90 Å². The van der Waals surface area contributed by atoms with Gasteiger partial charge in [-0.05, 0) is 30.3 Å². The van der Waals surface area contributed by atoms with Gasteiger partial charge in [-0.3, -0.25) is 4.72 Å². The van der Waals surface area contributed by atoms with Gasteiger partial charge in [-0.1, -0.05) is 24.3 Å². The van der Waals surface area contributed by atoms with Gasteiger partial charge >= 0.3 is 0 Å². The summed E-state index contributed by atoms with van der Waals surface area (Å²) in [6.07, 6.45) is 0. The fourth-order valence-electron chi connectivity index (χ4n) is 3.64. The monoisotopic (exact) mass is 498 g/mol. The van der Waals surface area contributed by atoms with Crippen molar-refractivity contribution in [3.63, 3.8) is 0 Å². The van der Waals surface area contributed by atoms with E-state index in [4.69, 9.17) is 15.2 Å². The number of nitrogens with one attached hydrogen (secondary N) is 1. The van der Waals surface area contributed by atoms with E-state index in [0.29, 0.717) is 34.3 Å². The summed E-state index contributed by atoms with van der Waals surface area (Å²) in [4.78, 5) is 6.44. The van der Waals surface area contributed by atoms with Crippen LogP contribution in [0.25, 0.3) is 22.0 Å². The van der Waals surface area contributed by atoms with Crippen molar-refractivity contribution in [1.29, 1.82) is 0 Å². The molecule has 10 heteroatoms. The summed E-state index contributed by atoms with van der Waals surface area (Å²) in [7, 11) is 1.47. The van der Waals surface area contributed by atoms with Crippen molar-refractivity contribution in [2.24, 2.45) is 0 Å². The Morgan fingerprint density at radius 3 is 2.53 bits per heavy atom. The smallest absolute Gasteiger partial charge is 0.262 e. The van der Waals surface area contributed by atoms with Crippen LogP contribution in [0.4, 0.5) is 16.5 Å². The Balaban J connectivity index is 1.78. The van der Waals surface area contributed by atoms with Gasteiger partial charge in [-0.2, -0.15) is 0 Å². The van der Waals surface area contributed by atoms with E-state index in [1.807, 2.05) is 48.6 Å². The third-order valence-electron chi connectivity index (χ3n) is 5.22. The average Bonchev–Trinajstić information content (AvgIpc) is 3.25. The van der Waals surface area contributed by atoms with Crippen LogP contribution in [-0.4, -0.2) is 47.8 Å². The highest BCUT2D eigenvalue weighted by atomic mass is 32.2. The number of aromatic nitrogens is 1. The zero-order chi connectivity index (χ0) is 24.3. The summed E-state index contributed by atoms with van der Waals surface area (Å²) in [6, 6.07) is 16.1. The zero-order valence-electron chi connectivity index (χ0n) is 19.1. The molecule has 4 aromatic rings. The number of anilines is 3. The molecule has 0 saturated carbocycles. The van der Waals surface area contributed by atoms with Crippen LogP contribution >= 0.6 is 11.3 Å². The second-order valence-electron chi connectivity index (χ2n) is 7.75. The highest BCUT2D eigenvalue weighted by Gasteiger charge is 2.21. The summed E-state index contributed by atoms with van der Waals surface area (Å²) >= 11 is 1.32. The van der Waals surface area contributed by atoms with Gasteiger partial charge in [0.1, 0.15) is 12.4 Å². The number of thiazole rings is 1. The number of methoxy groups -OCH3 is 1. The van der Waals surface area contributed by atoms with Gasteiger partial charge in [0.25, 0.3) is 10.0 Å². The predicted molar refractivity (Wildman–Crippen MR) is 138 cm³/mol. The van der Waals surface area contributed by atoms with Gasteiger partial charge in [0.2, 0.25) is 0 Å². The van der Waals surface area contributed by atoms with Crippen LogP contribution in [0.3, 0.4) is 0 Å². The molecule has 0 aliphatic heterocycles. The van der Waals surface area contributed by atoms with E-state index in [-0.39, 0.29) is 11.5 Å². The first-order chi connectivity index (χ1) is 16.3. The predicted octanol–water partition coefficient (Wildman–Crippen LogP) is 4.44. The summed E-state index contributed by atoms with van der Waals surface area (Å²) in [5.74, 6) is 0.391. The Morgan fingerprint density at radius 2 is 1.82 bits per heavy atom. The Bertz CT molecular complexity index is 1420. The normalized spacial score (nSPS) is 11.5. The van der Waals surface area contributed by atoms with Gasteiger partial charge < -0.3 is 20.1 Å². The molecular weight excluding hydrogens is 472 g/mol. The zero-order valence-corrected chi connectivity index (χ0v) is 20.7. The molecule has 3 N–H and O–H groups in total. The summed E-state index contributed by atoms with van der Waals surface area (Å²) in [5, 5.41) is 3.73. The largest absolute Gasteiger partial charge is 0.489 e. The van der Waals surface area contributed by atoms with Gasteiger partial charge in [0, 0.05) is 48.6 Å². The van der Waals surface area contributed by atoms with Crippen molar-refractivity contribution in [1.82, 2.24) is 4.98 Å². The van der Waals surface area contributed by atoms with Crippen molar-refractivity contribution < 1.29 is 17.9 Å². The lowest BCUT2D eigenvalue weighted by Crippen LogP contribution is -2.15. The molecule has 8 nitrogen and oxygen atoms in total. The molecule has 0 radical (unpaired) electrons. The molecule has 0 amide bonds. The number of hydrogen-bond acceptors (Lipinski definition) is 8. The Hall–Kier alpha value is -3.34. The number of nitrogens with two attached hydrogens (primary N) is 1. The molecule has 1 aromatic heterocycles. The third kappa shape index (κ3) is 4.93. The molecule has 3 aromatic carbocycles. The number of ether oxygens (including phenoxy) is 2. The van der Waals surface area contributed by atoms with Crippen LogP contribution in [0.1, 0.15) is 0 Å². The maximum atomic E-state index is 13.6. The molecule has 4 rings (SSSR count). The molecule has 0 aliphatic rings. The van der Waals surface area contributed by atoms with Crippen LogP contribution in [0.15, 0.2) is 64.9 Å². The van der Waals surface area contributed by atoms with Crippen molar-refractivity contribution in [3.05, 3.63) is 60.0 Å². The summed E-state index contributed by atoms with van der Waals surface area (Å²) in [6.45, 7) is 0.641. The van der Waals surface area contributed by atoms with Crippen molar-refractivity contribution >= 4 is 48.6 Å². The first-order valence-electron chi connectivity index (χ1n) is 10.5. The number of nitrogens with zero attached hydrogens (tertiary/aromatic N) is 2. The van der Waals surface area contributed by atoms with Gasteiger partial charge in [-0.25, -0.2) is 13.4 Å². The number of fused-ring (bicyclic) bond motifs is 1. The number of benzene rings is 3. The number of rotatable bonds is 9. The summed E-state index contributed by atoms with van der Waals surface area (Å²) in [5.41, 5.74) is 8.40. The minimum atomic E-state index is -3.95. The average molecular weight is 499 g/mol. The molecule has 34 heavy (non-hydrogen) atoms. The van der Waals surface area contributed by atoms with Crippen LogP contribution < -0.4 is 20.1 Å². The van der Waals surface area contributed by atoms with E-state index in [2.05, 4.69) is 9.71 Å². The molecule has 0 fully saturated rings. The lowest BCUT2D eigenvalue weighted by Gasteiger charge is -2.18. The lowest BCUT2D eigenvalue weighted by atomic mass is 10.1. The van der Waals surface area contributed by atoms with Crippen molar-refractivity contribution in [3.8, 4) is 17.0 Å². The van der Waals surface area contributed by atoms with E-state index in [1.165, 1.54) is 11.3 Å². The fraction of sp³-hybridized carbons (Fsp3) is 0.208. The third-order valence-corrected chi connectivity index (χ3v) is 7.31. The minimum absolute atomic E-state index is 0.180. The highest BCUT2D eigenvalue weighted by molar-refractivity contribution is 7.93. The Kier molecular flexibility index (Phi) is 6.92. The maximum absolute atomic E-state index is 13.6. The van der Waals surface area contributed by atoms with E-state index in [9.17, 15) is 8.42 Å². The lowest BCUT2D eigenvalue weighted by molar-refractivity contribution is 0.146. The van der Waals surface area contributed by atoms with E-state index in [1.54, 1.807) is 37.4 Å². The summed E-state index contributed by atoms with van der Waals surface area (Å²) < 4.78 is 40.8. The maximum Gasteiger partial charge on any atom is 0.262 e. The Morgan fingerprint density at radius 1 is 1.06 bits per heavy atom. The molecule has 0 saturated heterocycles. The highest BCUT2D eigenvalue weighted by Crippen LogP contribution is 2.35. The number of sulfonamides is 1. The van der Waals surface area contributed by atoms with E-state index >= 15 is 0 Å². The SMILES string of the molecule is COCCOc1ccc(-c2csc(N)n2)cc1NS(=O)(=O)c1cccc2c(N(C)C)cccc12. The minimum Gasteiger partial charge on any atom is -0.489 e. The molecule has 0 aliphatic carbocycles.